The van der Waals surface area contributed by atoms with Crippen molar-refractivity contribution < 1.29 is 9.84 Å². The van der Waals surface area contributed by atoms with Crippen molar-refractivity contribution in [3.05, 3.63) is 42.7 Å². The van der Waals surface area contributed by atoms with Crippen molar-refractivity contribution in [2.24, 2.45) is 0 Å². The lowest BCUT2D eigenvalue weighted by Crippen LogP contribution is -2.27. The summed E-state index contributed by atoms with van der Waals surface area (Å²) in [4.78, 5) is 0. The van der Waals surface area contributed by atoms with Crippen molar-refractivity contribution in [3.8, 4) is 11.4 Å². The molecule has 0 spiro atoms. The molecule has 1 aromatic heterocycles. The number of benzene rings is 1. The molecule has 0 amide bonds. The standard InChI is InChI=1S/C13H16N2O2/c1-13(2,16)10-17-12-6-3-5-11(9-12)15-8-4-7-14-15/h3-9,16H,10H2,1-2H3. The van der Waals surface area contributed by atoms with Crippen LogP contribution in [0.15, 0.2) is 42.7 Å². The number of aromatic nitrogens is 2. The van der Waals surface area contributed by atoms with Crippen LogP contribution in [0.3, 0.4) is 0 Å². The molecule has 4 heteroatoms. The van der Waals surface area contributed by atoms with Crippen LogP contribution in [-0.4, -0.2) is 27.1 Å². The summed E-state index contributed by atoms with van der Waals surface area (Å²) in [5.41, 5.74) is 0.102. The van der Waals surface area contributed by atoms with Gasteiger partial charge in [-0.2, -0.15) is 5.10 Å². The molecule has 0 saturated heterocycles. The van der Waals surface area contributed by atoms with Crippen molar-refractivity contribution in [2.45, 2.75) is 19.4 Å². The van der Waals surface area contributed by atoms with Crippen molar-refractivity contribution in [1.82, 2.24) is 9.78 Å². The van der Waals surface area contributed by atoms with E-state index in [0.29, 0.717) is 0 Å². The van der Waals surface area contributed by atoms with E-state index in [0.717, 1.165) is 11.4 Å². The van der Waals surface area contributed by atoms with Gasteiger partial charge < -0.3 is 9.84 Å². The molecular formula is C13H16N2O2. The van der Waals surface area contributed by atoms with E-state index in [9.17, 15) is 5.11 Å². The zero-order chi connectivity index (χ0) is 12.3. The summed E-state index contributed by atoms with van der Waals surface area (Å²) in [5, 5.41) is 13.7. The maximum Gasteiger partial charge on any atom is 0.121 e. The Balaban J connectivity index is 2.12. The predicted molar refractivity (Wildman–Crippen MR) is 65.4 cm³/mol. The quantitative estimate of drug-likeness (QED) is 0.877. The van der Waals surface area contributed by atoms with Gasteiger partial charge in [-0.3, -0.25) is 0 Å². The first-order valence-electron chi connectivity index (χ1n) is 5.50. The Morgan fingerprint density at radius 1 is 1.35 bits per heavy atom. The normalized spacial score (nSPS) is 11.5. The van der Waals surface area contributed by atoms with Crippen LogP contribution in [0.5, 0.6) is 5.75 Å². The van der Waals surface area contributed by atoms with Crippen LogP contribution in [0.2, 0.25) is 0 Å². The van der Waals surface area contributed by atoms with Crippen molar-refractivity contribution >= 4 is 0 Å². The molecule has 2 rings (SSSR count). The first-order chi connectivity index (χ1) is 8.04. The number of hydrogen-bond acceptors (Lipinski definition) is 3. The molecule has 17 heavy (non-hydrogen) atoms. The van der Waals surface area contributed by atoms with Gasteiger partial charge in [0.05, 0.1) is 11.3 Å². The topological polar surface area (TPSA) is 47.3 Å². The Bertz CT molecular complexity index is 472. The second-order valence-corrected chi connectivity index (χ2v) is 4.55. The summed E-state index contributed by atoms with van der Waals surface area (Å²) in [5.74, 6) is 0.722. The monoisotopic (exact) mass is 232 g/mol. The third-order valence-corrected chi connectivity index (χ3v) is 2.18. The van der Waals surface area contributed by atoms with Crippen LogP contribution >= 0.6 is 0 Å². The molecule has 0 unspecified atom stereocenters. The number of aliphatic hydroxyl groups is 1. The van der Waals surface area contributed by atoms with Gasteiger partial charge in [0.2, 0.25) is 0 Å². The second-order valence-electron chi connectivity index (χ2n) is 4.55. The summed E-state index contributed by atoms with van der Waals surface area (Å²) < 4.78 is 7.28. The average molecular weight is 232 g/mol. The average Bonchev–Trinajstić information content (AvgIpc) is 2.79. The number of ether oxygens (including phenoxy) is 1. The summed E-state index contributed by atoms with van der Waals surface area (Å²) in [6.45, 7) is 3.68. The van der Waals surface area contributed by atoms with Gasteiger partial charge in [-0.1, -0.05) is 6.07 Å². The lowest BCUT2D eigenvalue weighted by Gasteiger charge is -2.18. The minimum atomic E-state index is -0.832. The van der Waals surface area contributed by atoms with E-state index in [2.05, 4.69) is 5.10 Å². The molecular weight excluding hydrogens is 216 g/mol. The molecule has 0 radical (unpaired) electrons. The molecule has 90 valence electrons. The Morgan fingerprint density at radius 3 is 2.82 bits per heavy atom. The van der Waals surface area contributed by atoms with E-state index >= 15 is 0 Å². The molecule has 0 aliphatic heterocycles. The molecule has 0 bridgehead atoms. The summed E-state index contributed by atoms with van der Waals surface area (Å²) in [6, 6.07) is 9.46. The molecule has 0 saturated carbocycles. The van der Waals surface area contributed by atoms with E-state index in [1.165, 1.54) is 0 Å². The minimum absolute atomic E-state index is 0.259. The lowest BCUT2D eigenvalue weighted by molar-refractivity contribution is 0.0285. The van der Waals surface area contributed by atoms with Gasteiger partial charge >= 0.3 is 0 Å². The zero-order valence-electron chi connectivity index (χ0n) is 10.00. The summed E-state index contributed by atoms with van der Waals surface area (Å²) in [7, 11) is 0. The molecule has 4 nitrogen and oxygen atoms in total. The third kappa shape index (κ3) is 3.32. The first kappa shape index (κ1) is 11.7. The molecule has 1 heterocycles. The highest BCUT2D eigenvalue weighted by Gasteiger charge is 2.13. The number of hydrogen-bond donors (Lipinski definition) is 1. The van der Waals surface area contributed by atoms with Gasteiger partial charge in [0.25, 0.3) is 0 Å². The highest BCUT2D eigenvalue weighted by Crippen LogP contribution is 2.17. The first-order valence-corrected chi connectivity index (χ1v) is 5.50. The predicted octanol–water partition coefficient (Wildman–Crippen LogP) is 2.02. The second kappa shape index (κ2) is 4.59. The van der Waals surface area contributed by atoms with Crippen LogP contribution < -0.4 is 4.74 Å². The summed E-state index contributed by atoms with van der Waals surface area (Å²) >= 11 is 0. The maximum atomic E-state index is 9.59. The van der Waals surface area contributed by atoms with Crippen molar-refractivity contribution in [3.63, 3.8) is 0 Å². The van der Waals surface area contributed by atoms with Gasteiger partial charge in [0.15, 0.2) is 0 Å². The van der Waals surface area contributed by atoms with Gasteiger partial charge in [0.1, 0.15) is 12.4 Å². The van der Waals surface area contributed by atoms with Crippen LogP contribution in [0.4, 0.5) is 0 Å². The van der Waals surface area contributed by atoms with Crippen LogP contribution in [0, 0.1) is 0 Å². The molecule has 0 aliphatic carbocycles. The van der Waals surface area contributed by atoms with Crippen LogP contribution in [-0.2, 0) is 0 Å². The van der Waals surface area contributed by atoms with E-state index in [4.69, 9.17) is 4.74 Å². The largest absolute Gasteiger partial charge is 0.491 e. The Kier molecular flexibility index (Phi) is 3.15. The molecule has 0 aliphatic rings. The van der Waals surface area contributed by atoms with Gasteiger partial charge in [-0.15, -0.1) is 0 Å². The van der Waals surface area contributed by atoms with E-state index < -0.39 is 5.60 Å². The van der Waals surface area contributed by atoms with Gasteiger partial charge in [-0.25, -0.2) is 4.68 Å². The van der Waals surface area contributed by atoms with Crippen molar-refractivity contribution in [2.75, 3.05) is 6.61 Å². The Hall–Kier alpha value is -1.81. The van der Waals surface area contributed by atoms with Crippen molar-refractivity contribution in [1.29, 1.82) is 0 Å². The zero-order valence-corrected chi connectivity index (χ0v) is 10.00. The fourth-order valence-corrected chi connectivity index (χ4v) is 1.40. The third-order valence-electron chi connectivity index (χ3n) is 2.18. The van der Waals surface area contributed by atoms with E-state index in [1.807, 2.05) is 36.5 Å². The van der Waals surface area contributed by atoms with E-state index in [1.54, 1.807) is 24.7 Å². The molecule has 1 N–H and O–H groups in total. The van der Waals surface area contributed by atoms with Gasteiger partial charge in [0, 0.05) is 18.5 Å². The SMILES string of the molecule is CC(C)(O)COc1cccc(-n2cccn2)c1. The summed E-state index contributed by atoms with van der Waals surface area (Å²) in [6.07, 6.45) is 3.60. The highest BCUT2D eigenvalue weighted by molar-refractivity contribution is 5.38. The molecule has 1 aromatic carbocycles. The maximum absolute atomic E-state index is 9.59. The highest BCUT2D eigenvalue weighted by atomic mass is 16.5. The number of nitrogens with zero attached hydrogens (tertiary/aromatic N) is 2. The fraction of sp³-hybridized carbons (Fsp3) is 0.308. The smallest absolute Gasteiger partial charge is 0.121 e. The van der Waals surface area contributed by atoms with E-state index in [-0.39, 0.29) is 6.61 Å². The Morgan fingerprint density at radius 2 is 2.18 bits per heavy atom. The van der Waals surface area contributed by atoms with Crippen LogP contribution in [0.25, 0.3) is 5.69 Å². The molecule has 0 atom stereocenters. The van der Waals surface area contributed by atoms with Crippen LogP contribution in [0.1, 0.15) is 13.8 Å². The molecule has 0 fully saturated rings. The lowest BCUT2D eigenvalue weighted by atomic mass is 10.2. The number of rotatable bonds is 4. The van der Waals surface area contributed by atoms with Gasteiger partial charge in [-0.05, 0) is 32.0 Å². The minimum Gasteiger partial charge on any atom is -0.491 e. The molecule has 2 aromatic rings. The fourth-order valence-electron chi connectivity index (χ4n) is 1.40. The Labute approximate surface area is 100 Å².